The monoisotopic (exact) mass is 311 g/mol. The lowest BCUT2D eigenvalue weighted by atomic mass is 10.3. The van der Waals surface area contributed by atoms with Crippen LogP contribution in [0.2, 0.25) is 0 Å². The first-order valence-corrected chi connectivity index (χ1v) is 8.14. The van der Waals surface area contributed by atoms with Gasteiger partial charge >= 0.3 is 0 Å². The van der Waals surface area contributed by atoms with Crippen molar-refractivity contribution < 1.29 is 0 Å². The van der Waals surface area contributed by atoms with Gasteiger partial charge in [-0.15, -0.1) is 0 Å². The van der Waals surface area contributed by atoms with Crippen molar-refractivity contribution in [2.45, 2.75) is 39.5 Å². The predicted octanol–water partition coefficient (Wildman–Crippen LogP) is 1.50. The van der Waals surface area contributed by atoms with E-state index in [1.807, 2.05) is 24.8 Å². The van der Waals surface area contributed by atoms with Crippen LogP contribution in [0.1, 0.15) is 24.9 Å². The quantitative estimate of drug-likeness (QED) is 0.775. The topological polar surface area (TPSA) is 65.5 Å². The van der Waals surface area contributed by atoms with Crippen molar-refractivity contribution in [3.8, 4) is 11.5 Å². The van der Waals surface area contributed by atoms with Gasteiger partial charge < -0.3 is 14.5 Å². The van der Waals surface area contributed by atoms with Gasteiger partial charge in [0, 0.05) is 44.4 Å². The standard InChI is InChI=1S/C16H21N7/c1-2-6-21-7-4-18-15(21)12-22-8-5-19-16(22)14-10-13-11-17-3-9-23(13)20-14/h4-5,7-8,10,17H,2-3,6,9,11-12H2,1H3. The molecule has 0 saturated carbocycles. The fourth-order valence-electron chi connectivity index (χ4n) is 3.06. The van der Waals surface area contributed by atoms with E-state index in [4.69, 9.17) is 5.10 Å². The average molecular weight is 311 g/mol. The SMILES string of the molecule is CCCn1ccnc1Cn1ccnc1-c1cc2n(n1)CCNC2. The fourth-order valence-corrected chi connectivity index (χ4v) is 3.06. The first kappa shape index (κ1) is 14.2. The van der Waals surface area contributed by atoms with E-state index in [1.165, 1.54) is 5.69 Å². The van der Waals surface area contributed by atoms with E-state index in [0.29, 0.717) is 6.54 Å². The van der Waals surface area contributed by atoms with E-state index in [9.17, 15) is 0 Å². The molecule has 1 aliphatic heterocycles. The third kappa shape index (κ3) is 2.68. The van der Waals surface area contributed by atoms with Crippen molar-refractivity contribution in [2.75, 3.05) is 6.54 Å². The van der Waals surface area contributed by atoms with Crippen LogP contribution in [0.3, 0.4) is 0 Å². The highest BCUT2D eigenvalue weighted by molar-refractivity contribution is 5.50. The molecule has 0 spiro atoms. The minimum atomic E-state index is 0.711. The Morgan fingerprint density at radius 2 is 2.04 bits per heavy atom. The molecule has 3 aromatic heterocycles. The molecule has 23 heavy (non-hydrogen) atoms. The van der Waals surface area contributed by atoms with E-state index in [-0.39, 0.29) is 0 Å². The summed E-state index contributed by atoms with van der Waals surface area (Å²) in [5.74, 6) is 1.95. The molecule has 1 N–H and O–H groups in total. The fraction of sp³-hybridized carbons (Fsp3) is 0.438. The third-order valence-electron chi connectivity index (χ3n) is 4.19. The zero-order valence-corrected chi connectivity index (χ0v) is 13.3. The van der Waals surface area contributed by atoms with Crippen LogP contribution < -0.4 is 5.32 Å². The van der Waals surface area contributed by atoms with Gasteiger partial charge in [-0.3, -0.25) is 4.68 Å². The molecule has 0 amide bonds. The zero-order valence-electron chi connectivity index (χ0n) is 13.3. The number of hydrogen-bond donors (Lipinski definition) is 1. The Morgan fingerprint density at radius 3 is 2.91 bits per heavy atom. The normalized spacial score (nSPS) is 14.1. The summed E-state index contributed by atoms with van der Waals surface area (Å²) >= 11 is 0. The van der Waals surface area contributed by atoms with E-state index >= 15 is 0 Å². The summed E-state index contributed by atoms with van der Waals surface area (Å²) in [5, 5.41) is 8.08. The number of aryl methyl sites for hydroxylation is 1. The molecule has 0 bridgehead atoms. The molecule has 0 saturated heterocycles. The van der Waals surface area contributed by atoms with Crippen LogP contribution in [0.5, 0.6) is 0 Å². The molecule has 4 rings (SSSR count). The Morgan fingerprint density at radius 1 is 1.17 bits per heavy atom. The second-order valence-electron chi connectivity index (χ2n) is 5.84. The van der Waals surface area contributed by atoms with Gasteiger partial charge in [-0.2, -0.15) is 5.10 Å². The maximum atomic E-state index is 4.71. The second-order valence-corrected chi connectivity index (χ2v) is 5.84. The van der Waals surface area contributed by atoms with Crippen molar-refractivity contribution in [1.82, 2.24) is 34.2 Å². The highest BCUT2D eigenvalue weighted by atomic mass is 15.3. The Balaban J connectivity index is 1.63. The molecule has 0 radical (unpaired) electrons. The van der Waals surface area contributed by atoms with Crippen molar-refractivity contribution in [3.05, 3.63) is 42.4 Å². The maximum absolute atomic E-state index is 4.71. The van der Waals surface area contributed by atoms with Crippen molar-refractivity contribution in [3.63, 3.8) is 0 Å². The summed E-state index contributed by atoms with van der Waals surface area (Å²) in [6.07, 6.45) is 8.83. The summed E-state index contributed by atoms with van der Waals surface area (Å²) in [7, 11) is 0. The Bertz CT molecular complexity index is 772. The predicted molar refractivity (Wildman–Crippen MR) is 86.8 cm³/mol. The lowest BCUT2D eigenvalue weighted by Gasteiger charge is -2.13. The van der Waals surface area contributed by atoms with Crippen LogP contribution in [0.15, 0.2) is 30.9 Å². The molecule has 1 aliphatic rings. The number of rotatable bonds is 5. The molecule has 0 atom stereocenters. The Labute approximate surface area is 135 Å². The minimum Gasteiger partial charge on any atom is -0.333 e. The van der Waals surface area contributed by atoms with Gasteiger partial charge in [-0.1, -0.05) is 6.92 Å². The van der Waals surface area contributed by atoms with Gasteiger partial charge in [0.05, 0.1) is 18.8 Å². The average Bonchev–Trinajstić information content (AvgIpc) is 3.27. The van der Waals surface area contributed by atoms with Crippen molar-refractivity contribution >= 4 is 0 Å². The third-order valence-corrected chi connectivity index (χ3v) is 4.19. The number of nitrogens with one attached hydrogen (secondary N) is 1. The molecule has 7 nitrogen and oxygen atoms in total. The number of hydrogen-bond acceptors (Lipinski definition) is 4. The van der Waals surface area contributed by atoms with Gasteiger partial charge in [0.15, 0.2) is 5.82 Å². The zero-order chi connectivity index (χ0) is 15.6. The molecule has 0 fully saturated rings. The van der Waals surface area contributed by atoms with Gasteiger partial charge in [-0.25, -0.2) is 9.97 Å². The van der Waals surface area contributed by atoms with E-state index in [2.05, 4.69) is 42.1 Å². The van der Waals surface area contributed by atoms with Gasteiger partial charge in [0.2, 0.25) is 0 Å². The molecule has 0 aromatic carbocycles. The Kier molecular flexibility index (Phi) is 3.70. The van der Waals surface area contributed by atoms with Crippen LogP contribution in [0.4, 0.5) is 0 Å². The van der Waals surface area contributed by atoms with Crippen LogP contribution in [-0.2, 0) is 26.2 Å². The molecule has 0 unspecified atom stereocenters. The smallest absolute Gasteiger partial charge is 0.160 e. The number of aromatic nitrogens is 6. The molecule has 4 heterocycles. The summed E-state index contributed by atoms with van der Waals surface area (Å²) in [6.45, 7) is 6.63. The largest absolute Gasteiger partial charge is 0.333 e. The molecular weight excluding hydrogens is 290 g/mol. The van der Waals surface area contributed by atoms with Crippen LogP contribution in [0, 0.1) is 0 Å². The van der Waals surface area contributed by atoms with E-state index in [1.54, 1.807) is 0 Å². The molecule has 0 aliphatic carbocycles. The minimum absolute atomic E-state index is 0.711. The first-order valence-electron chi connectivity index (χ1n) is 8.14. The number of nitrogens with zero attached hydrogens (tertiary/aromatic N) is 6. The summed E-state index contributed by atoms with van der Waals surface area (Å²) in [5.41, 5.74) is 2.15. The van der Waals surface area contributed by atoms with Crippen molar-refractivity contribution in [2.24, 2.45) is 0 Å². The van der Waals surface area contributed by atoms with Gasteiger partial charge in [-0.05, 0) is 12.5 Å². The molecule has 3 aromatic rings. The maximum Gasteiger partial charge on any atom is 0.160 e. The summed E-state index contributed by atoms with van der Waals surface area (Å²) in [4.78, 5) is 9.00. The number of imidazole rings is 2. The Hall–Kier alpha value is -2.41. The first-order chi connectivity index (χ1) is 11.3. The summed E-state index contributed by atoms with van der Waals surface area (Å²) < 4.78 is 6.39. The summed E-state index contributed by atoms with van der Waals surface area (Å²) in [6, 6.07) is 2.13. The molecular formula is C16H21N7. The van der Waals surface area contributed by atoms with E-state index in [0.717, 1.165) is 49.9 Å². The lowest BCUT2D eigenvalue weighted by molar-refractivity contribution is 0.476. The van der Waals surface area contributed by atoms with Crippen LogP contribution in [0.25, 0.3) is 11.5 Å². The molecule has 7 heteroatoms. The number of fused-ring (bicyclic) bond motifs is 1. The van der Waals surface area contributed by atoms with Crippen molar-refractivity contribution in [1.29, 1.82) is 0 Å². The lowest BCUT2D eigenvalue weighted by Crippen LogP contribution is -2.28. The van der Waals surface area contributed by atoms with Crippen LogP contribution in [-0.4, -0.2) is 35.4 Å². The van der Waals surface area contributed by atoms with Crippen LogP contribution >= 0.6 is 0 Å². The highest BCUT2D eigenvalue weighted by Gasteiger charge is 2.16. The van der Waals surface area contributed by atoms with Gasteiger partial charge in [0.25, 0.3) is 0 Å². The van der Waals surface area contributed by atoms with Gasteiger partial charge in [0.1, 0.15) is 11.5 Å². The highest BCUT2D eigenvalue weighted by Crippen LogP contribution is 2.19. The second kappa shape index (κ2) is 6.00. The van der Waals surface area contributed by atoms with E-state index < -0.39 is 0 Å². The molecule has 120 valence electrons.